The fourth-order valence-electron chi connectivity index (χ4n) is 2.34. The maximum Gasteiger partial charge on any atom is 0.0999 e. The number of hydrogen-bond acceptors (Lipinski definition) is 3. The van der Waals surface area contributed by atoms with Crippen LogP contribution in [0.25, 0.3) is 11.3 Å². The van der Waals surface area contributed by atoms with Gasteiger partial charge in [0.2, 0.25) is 0 Å². The minimum Gasteiger partial charge on any atom is -0.395 e. The largest absolute Gasteiger partial charge is 0.395 e. The SMILES string of the molecule is OCCNCc1ccc2c(c1)-c1n[nH]c(I)c1C2. The smallest absolute Gasteiger partial charge is 0.0999 e. The third kappa shape index (κ3) is 2.06. The minimum absolute atomic E-state index is 0.173. The van der Waals surface area contributed by atoms with Crippen molar-refractivity contribution < 1.29 is 5.11 Å². The van der Waals surface area contributed by atoms with E-state index in [9.17, 15) is 0 Å². The van der Waals surface area contributed by atoms with Gasteiger partial charge in [-0.25, -0.2) is 0 Å². The van der Waals surface area contributed by atoms with Crippen LogP contribution < -0.4 is 5.32 Å². The molecule has 0 fully saturated rings. The molecule has 0 atom stereocenters. The molecule has 1 aromatic heterocycles. The summed E-state index contributed by atoms with van der Waals surface area (Å²) in [7, 11) is 0. The molecule has 18 heavy (non-hydrogen) atoms. The quantitative estimate of drug-likeness (QED) is 0.493. The highest BCUT2D eigenvalue weighted by Crippen LogP contribution is 2.37. The van der Waals surface area contributed by atoms with E-state index in [-0.39, 0.29) is 6.61 Å². The molecule has 94 valence electrons. The number of H-pyrrole nitrogens is 1. The predicted octanol–water partition coefficient (Wildman–Crippen LogP) is 1.67. The fraction of sp³-hybridized carbons (Fsp3) is 0.308. The first-order chi connectivity index (χ1) is 8.79. The second-order valence-electron chi connectivity index (χ2n) is 4.43. The van der Waals surface area contributed by atoms with Gasteiger partial charge in [-0.2, -0.15) is 5.10 Å². The summed E-state index contributed by atoms with van der Waals surface area (Å²) in [5.74, 6) is 0. The lowest BCUT2D eigenvalue weighted by Gasteiger charge is -2.06. The molecule has 1 aromatic carbocycles. The number of aliphatic hydroxyl groups is 1. The molecular formula is C13H14IN3O. The molecule has 1 heterocycles. The molecule has 5 heteroatoms. The van der Waals surface area contributed by atoms with E-state index < -0.39 is 0 Å². The van der Waals surface area contributed by atoms with Gasteiger partial charge < -0.3 is 10.4 Å². The van der Waals surface area contributed by atoms with Crippen molar-refractivity contribution in [2.75, 3.05) is 13.2 Å². The monoisotopic (exact) mass is 355 g/mol. The number of halogens is 1. The van der Waals surface area contributed by atoms with E-state index in [4.69, 9.17) is 5.11 Å². The van der Waals surface area contributed by atoms with Gasteiger partial charge in [0.25, 0.3) is 0 Å². The summed E-state index contributed by atoms with van der Waals surface area (Å²) < 4.78 is 1.14. The standard InChI is InChI=1S/C13H14IN3O/c14-13-11-6-9-2-1-8(7-15-3-4-18)5-10(9)12(11)16-17-13/h1-2,5,15,18H,3-4,6-7H2,(H,16,17). The molecule has 4 nitrogen and oxygen atoms in total. The first kappa shape index (κ1) is 12.1. The normalized spacial score (nSPS) is 12.6. The Labute approximate surface area is 119 Å². The van der Waals surface area contributed by atoms with Crippen molar-refractivity contribution in [2.45, 2.75) is 13.0 Å². The third-order valence-corrected chi connectivity index (χ3v) is 4.12. The van der Waals surface area contributed by atoms with Crippen LogP contribution in [0.5, 0.6) is 0 Å². The number of nitrogens with zero attached hydrogens (tertiary/aromatic N) is 1. The highest BCUT2D eigenvalue weighted by Gasteiger charge is 2.23. The number of nitrogens with one attached hydrogen (secondary N) is 2. The highest BCUT2D eigenvalue weighted by molar-refractivity contribution is 14.1. The van der Waals surface area contributed by atoms with E-state index in [1.165, 1.54) is 22.3 Å². The summed E-state index contributed by atoms with van der Waals surface area (Å²) in [6, 6.07) is 6.52. The third-order valence-electron chi connectivity index (χ3n) is 3.23. The van der Waals surface area contributed by atoms with Crippen molar-refractivity contribution >= 4 is 22.6 Å². The van der Waals surface area contributed by atoms with Crippen molar-refractivity contribution in [1.82, 2.24) is 15.5 Å². The Morgan fingerprint density at radius 2 is 2.33 bits per heavy atom. The van der Waals surface area contributed by atoms with E-state index in [2.05, 4.69) is 56.3 Å². The number of aromatic amines is 1. The lowest BCUT2D eigenvalue weighted by molar-refractivity contribution is 0.292. The molecule has 0 unspecified atom stereocenters. The molecule has 1 aliphatic rings. The van der Waals surface area contributed by atoms with Crippen LogP contribution in [0.1, 0.15) is 16.7 Å². The Hall–Kier alpha value is -0.920. The van der Waals surface area contributed by atoms with Crippen LogP contribution in [0.3, 0.4) is 0 Å². The number of aliphatic hydroxyl groups excluding tert-OH is 1. The van der Waals surface area contributed by atoms with Gasteiger partial charge in [-0.1, -0.05) is 12.1 Å². The summed E-state index contributed by atoms with van der Waals surface area (Å²) in [6.07, 6.45) is 0.976. The zero-order chi connectivity index (χ0) is 12.5. The molecule has 0 aliphatic heterocycles. The van der Waals surface area contributed by atoms with Crippen molar-refractivity contribution in [3.8, 4) is 11.3 Å². The molecule has 0 amide bonds. The number of rotatable bonds is 4. The summed E-state index contributed by atoms with van der Waals surface area (Å²) >= 11 is 2.30. The number of benzene rings is 1. The Bertz CT molecular complexity index is 580. The van der Waals surface area contributed by atoms with Gasteiger partial charge in [-0.3, -0.25) is 5.10 Å². The second kappa shape index (κ2) is 4.99. The van der Waals surface area contributed by atoms with Gasteiger partial charge in [0, 0.05) is 30.6 Å². The van der Waals surface area contributed by atoms with Gasteiger partial charge >= 0.3 is 0 Å². The Morgan fingerprint density at radius 3 is 3.17 bits per heavy atom. The van der Waals surface area contributed by atoms with Crippen LogP contribution in [0.4, 0.5) is 0 Å². The zero-order valence-corrected chi connectivity index (χ0v) is 12.0. The van der Waals surface area contributed by atoms with E-state index >= 15 is 0 Å². The fourth-order valence-corrected chi connectivity index (χ4v) is 2.91. The molecule has 0 radical (unpaired) electrons. The Morgan fingerprint density at radius 1 is 1.44 bits per heavy atom. The summed E-state index contributed by atoms with van der Waals surface area (Å²) in [4.78, 5) is 0. The van der Waals surface area contributed by atoms with Gasteiger partial charge in [0.1, 0.15) is 0 Å². The number of fused-ring (bicyclic) bond motifs is 3. The predicted molar refractivity (Wildman–Crippen MR) is 78.3 cm³/mol. The van der Waals surface area contributed by atoms with Crippen LogP contribution in [0.2, 0.25) is 0 Å². The first-order valence-corrected chi connectivity index (χ1v) is 7.04. The topological polar surface area (TPSA) is 60.9 Å². The molecule has 2 aromatic rings. The van der Waals surface area contributed by atoms with Crippen LogP contribution in [-0.2, 0) is 13.0 Å². The van der Waals surface area contributed by atoms with Gasteiger partial charge in [-0.15, -0.1) is 0 Å². The maximum atomic E-state index is 8.75. The van der Waals surface area contributed by atoms with Crippen LogP contribution in [-0.4, -0.2) is 28.5 Å². The van der Waals surface area contributed by atoms with Crippen LogP contribution in [0.15, 0.2) is 18.2 Å². The number of aromatic nitrogens is 2. The van der Waals surface area contributed by atoms with Gasteiger partial charge in [0.05, 0.1) is 16.0 Å². The molecule has 1 aliphatic carbocycles. The average Bonchev–Trinajstić information content (AvgIpc) is 2.90. The van der Waals surface area contributed by atoms with Crippen molar-refractivity contribution in [3.05, 3.63) is 38.6 Å². The molecule has 0 saturated heterocycles. The molecule has 0 spiro atoms. The molecule has 0 bridgehead atoms. The van der Waals surface area contributed by atoms with Crippen LogP contribution >= 0.6 is 22.6 Å². The average molecular weight is 355 g/mol. The zero-order valence-electron chi connectivity index (χ0n) is 9.83. The van der Waals surface area contributed by atoms with Crippen molar-refractivity contribution in [1.29, 1.82) is 0 Å². The molecular weight excluding hydrogens is 341 g/mol. The Kier molecular flexibility index (Phi) is 3.36. The lowest BCUT2D eigenvalue weighted by atomic mass is 10.1. The highest BCUT2D eigenvalue weighted by atomic mass is 127. The van der Waals surface area contributed by atoms with E-state index in [1.54, 1.807) is 0 Å². The first-order valence-electron chi connectivity index (χ1n) is 5.96. The molecule has 3 rings (SSSR count). The summed E-state index contributed by atoms with van der Waals surface area (Å²) in [6.45, 7) is 1.58. The van der Waals surface area contributed by atoms with Crippen molar-refractivity contribution in [3.63, 3.8) is 0 Å². The Balaban J connectivity index is 1.88. The minimum atomic E-state index is 0.173. The maximum absolute atomic E-state index is 8.75. The number of hydrogen-bond donors (Lipinski definition) is 3. The van der Waals surface area contributed by atoms with Crippen molar-refractivity contribution in [2.24, 2.45) is 0 Å². The second-order valence-corrected chi connectivity index (χ2v) is 5.51. The molecule has 3 N–H and O–H groups in total. The van der Waals surface area contributed by atoms with Gasteiger partial charge in [0.15, 0.2) is 0 Å². The van der Waals surface area contributed by atoms with E-state index in [0.717, 1.165) is 22.4 Å². The van der Waals surface area contributed by atoms with Crippen LogP contribution in [0, 0.1) is 3.70 Å². The van der Waals surface area contributed by atoms with E-state index in [0.29, 0.717) is 6.54 Å². The lowest BCUT2D eigenvalue weighted by Crippen LogP contribution is -2.17. The van der Waals surface area contributed by atoms with Gasteiger partial charge in [-0.05, 0) is 39.8 Å². The summed E-state index contributed by atoms with van der Waals surface area (Å²) in [5, 5.41) is 19.4. The molecule has 0 saturated carbocycles. The van der Waals surface area contributed by atoms with E-state index in [1.807, 2.05) is 0 Å². The summed E-state index contributed by atoms with van der Waals surface area (Å²) in [5.41, 5.74) is 6.23.